The average Bonchev–Trinajstić information content (AvgIpc) is 2.39. The zero-order valence-corrected chi connectivity index (χ0v) is 11.0. The molecule has 0 atom stereocenters. The van der Waals surface area contributed by atoms with Gasteiger partial charge >= 0.3 is 0 Å². The Morgan fingerprint density at radius 1 is 1.06 bits per heavy atom. The fourth-order valence-corrected chi connectivity index (χ4v) is 1.93. The number of hydrogen-bond donors (Lipinski definition) is 0. The van der Waals surface area contributed by atoms with E-state index in [-0.39, 0.29) is 5.78 Å². The van der Waals surface area contributed by atoms with Gasteiger partial charge in [-0.2, -0.15) is 0 Å². The van der Waals surface area contributed by atoms with Crippen LogP contribution in [0, 0.1) is 0 Å². The predicted octanol–water partition coefficient (Wildman–Crippen LogP) is 4.22. The third-order valence-electron chi connectivity index (χ3n) is 2.78. The first-order chi connectivity index (χ1) is 8.61. The zero-order chi connectivity index (χ0) is 13.1. The average molecular weight is 261 g/mol. The summed E-state index contributed by atoms with van der Waals surface area (Å²) in [6, 6.07) is 13.1. The van der Waals surface area contributed by atoms with Gasteiger partial charge in [-0.15, -0.1) is 0 Å². The lowest BCUT2D eigenvalue weighted by molar-refractivity contribution is 0.101. The van der Waals surface area contributed by atoms with Crippen LogP contribution in [0.3, 0.4) is 0 Å². The van der Waals surface area contributed by atoms with Crippen molar-refractivity contribution in [2.75, 3.05) is 7.11 Å². The van der Waals surface area contributed by atoms with Crippen LogP contribution in [0.5, 0.6) is 5.75 Å². The van der Waals surface area contributed by atoms with Crippen LogP contribution in [0.4, 0.5) is 0 Å². The maximum absolute atomic E-state index is 11.2. The largest absolute Gasteiger partial charge is 0.495 e. The molecule has 0 aliphatic heterocycles. The first-order valence-electron chi connectivity index (χ1n) is 5.56. The van der Waals surface area contributed by atoms with Crippen LogP contribution in [0.25, 0.3) is 11.1 Å². The molecule has 2 aromatic rings. The Kier molecular flexibility index (Phi) is 3.68. The minimum atomic E-state index is 0.0650. The van der Waals surface area contributed by atoms with Crippen LogP contribution in [-0.4, -0.2) is 12.9 Å². The zero-order valence-electron chi connectivity index (χ0n) is 10.2. The molecule has 0 fully saturated rings. The van der Waals surface area contributed by atoms with Gasteiger partial charge in [0.05, 0.1) is 12.1 Å². The molecule has 0 saturated heterocycles. The van der Waals surface area contributed by atoms with Gasteiger partial charge in [-0.3, -0.25) is 4.79 Å². The highest BCUT2D eigenvalue weighted by Crippen LogP contribution is 2.30. The Morgan fingerprint density at radius 2 is 1.67 bits per heavy atom. The number of rotatable bonds is 3. The Morgan fingerprint density at radius 3 is 2.22 bits per heavy atom. The van der Waals surface area contributed by atoms with Gasteiger partial charge in [-0.1, -0.05) is 41.9 Å². The number of ketones is 1. The molecule has 0 aromatic heterocycles. The minimum Gasteiger partial charge on any atom is -0.495 e. The van der Waals surface area contributed by atoms with Gasteiger partial charge < -0.3 is 4.74 Å². The van der Waals surface area contributed by atoms with Crippen molar-refractivity contribution >= 4 is 17.4 Å². The monoisotopic (exact) mass is 260 g/mol. The van der Waals surface area contributed by atoms with Gasteiger partial charge in [0.2, 0.25) is 0 Å². The van der Waals surface area contributed by atoms with E-state index in [1.165, 1.54) is 0 Å². The van der Waals surface area contributed by atoms with E-state index in [0.29, 0.717) is 16.3 Å². The van der Waals surface area contributed by atoms with Crippen molar-refractivity contribution in [3.8, 4) is 16.9 Å². The molecule has 18 heavy (non-hydrogen) atoms. The third-order valence-corrected chi connectivity index (χ3v) is 3.09. The van der Waals surface area contributed by atoms with Crippen molar-refractivity contribution < 1.29 is 9.53 Å². The Bertz CT molecular complexity index is 574. The van der Waals surface area contributed by atoms with Crippen LogP contribution in [0.15, 0.2) is 42.5 Å². The van der Waals surface area contributed by atoms with Gasteiger partial charge in [0.1, 0.15) is 5.75 Å². The molecule has 0 aliphatic carbocycles. The third kappa shape index (κ3) is 2.54. The van der Waals surface area contributed by atoms with E-state index in [2.05, 4.69) is 0 Å². The Balaban J connectivity index is 2.39. The number of halogens is 1. The molecule has 2 aromatic carbocycles. The predicted molar refractivity (Wildman–Crippen MR) is 73.4 cm³/mol. The van der Waals surface area contributed by atoms with Gasteiger partial charge in [0.25, 0.3) is 0 Å². The summed E-state index contributed by atoms with van der Waals surface area (Å²) in [5.41, 5.74) is 2.74. The molecule has 0 spiro atoms. The second-order valence-corrected chi connectivity index (χ2v) is 4.39. The molecular formula is C15H13ClO2. The molecule has 0 heterocycles. The highest BCUT2D eigenvalue weighted by molar-refractivity contribution is 6.32. The molecule has 0 unspecified atom stereocenters. The van der Waals surface area contributed by atoms with Crippen LogP contribution in [-0.2, 0) is 0 Å². The number of carbonyl (C=O) groups excluding carboxylic acids is 1. The molecule has 0 bridgehead atoms. The van der Waals surface area contributed by atoms with Gasteiger partial charge in [0.15, 0.2) is 5.78 Å². The number of hydrogen-bond acceptors (Lipinski definition) is 2. The van der Waals surface area contributed by atoms with E-state index in [1.54, 1.807) is 20.1 Å². The molecule has 0 aliphatic rings. The number of Topliss-reactive ketones (excluding diaryl/α,β-unsaturated/α-hetero) is 1. The van der Waals surface area contributed by atoms with Crippen molar-refractivity contribution in [2.24, 2.45) is 0 Å². The van der Waals surface area contributed by atoms with E-state index in [0.717, 1.165) is 11.1 Å². The SMILES string of the molecule is COc1cc(-c2ccc(C(C)=O)cc2)ccc1Cl. The van der Waals surface area contributed by atoms with Crippen LogP contribution < -0.4 is 4.74 Å². The van der Waals surface area contributed by atoms with E-state index in [9.17, 15) is 4.79 Å². The fraction of sp³-hybridized carbons (Fsp3) is 0.133. The maximum atomic E-state index is 11.2. The molecule has 92 valence electrons. The quantitative estimate of drug-likeness (QED) is 0.773. The second-order valence-electron chi connectivity index (χ2n) is 3.98. The van der Waals surface area contributed by atoms with E-state index >= 15 is 0 Å². The summed E-state index contributed by atoms with van der Waals surface area (Å²) in [4.78, 5) is 11.2. The smallest absolute Gasteiger partial charge is 0.159 e. The van der Waals surface area contributed by atoms with Crippen LogP contribution in [0.2, 0.25) is 5.02 Å². The summed E-state index contributed by atoms with van der Waals surface area (Å²) in [7, 11) is 1.59. The minimum absolute atomic E-state index is 0.0650. The van der Waals surface area contributed by atoms with Crippen molar-refractivity contribution in [2.45, 2.75) is 6.92 Å². The summed E-state index contributed by atoms with van der Waals surface area (Å²) in [5, 5.41) is 0.585. The Labute approximate surface area is 111 Å². The lowest BCUT2D eigenvalue weighted by atomic mass is 10.0. The van der Waals surface area contributed by atoms with Gasteiger partial charge in [0, 0.05) is 5.56 Å². The normalized spacial score (nSPS) is 10.2. The molecule has 2 nitrogen and oxygen atoms in total. The lowest BCUT2D eigenvalue weighted by Gasteiger charge is -2.07. The standard InChI is InChI=1S/C15H13ClO2/c1-10(17)11-3-5-12(6-4-11)13-7-8-14(16)15(9-13)18-2/h3-9H,1-2H3. The number of ether oxygens (including phenoxy) is 1. The summed E-state index contributed by atoms with van der Waals surface area (Å²) in [5.74, 6) is 0.708. The first-order valence-corrected chi connectivity index (χ1v) is 5.94. The summed E-state index contributed by atoms with van der Waals surface area (Å²) in [6.45, 7) is 1.56. The molecular weight excluding hydrogens is 248 g/mol. The second kappa shape index (κ2) is 5.23. The maximum Gasteiger partial charge on any atom is 0.159 e. The summed E-state index contributed by atoms with van der Waals surface area (Å²) < 4.78 is 5.18. The molecule has 0 saturated carbocycles. The number of benzene rings is 2. The molecule has 0 radical (unpaired) electrons. The molecule has 0 amide bonds. The van der Waals surface area contributed by atoms with Crippen molar-refractivity contribution in [1.82, 2.24) is 0 Å². The molecule has 3 heteroatoms. The Hall–Kier alpha value is -1.80. The lowest BCUT2D eigenvalue weighted by Crippen LogP contribution is -1.91. The van der Waals surface area contributed by atoms with Crippen molar-refractivity contribution in [1.29, 1.82) is 0 Å². The number of methoxy groups -OCH3 is 1. The molecule has 2 rings (SSSR count). The fourth-order valence-electron chi connectivity index (χ4n) is 1.74. The van der Waals surface area contributed by atoms with E-state index < -0.39 is 0 Å². The first kappa shape index (κ1) is 12.7. The topological polar surface area (TPSA) is 26.3 Å². The van der Waals surface area contributed by atoms with Gasteiger partial charge in [-0.05, 0) is 30.2 Å². The van der Waals surface area contributed by atoms with Crippen molar-refractivity contribution in [3.05, 3.63) is 53.1 Å². The van der Waals surface area contributed by atoms with Crippen LogP contribution in [0.1, 0.15) is 17.3 Å². The van der Waals surface area contributed by atoms with E-state index in [1.807, 2.05) is 36.4 Å². The number of carbonyl (C=O) groups is 1. The molecule has 0 N–H and O–H groups in total. The highest BCUT2D eigenvalue weighted by Gasteiger charge is 2.05. The van der Waals surface area contributed by atoms with Gasteiger partial charge in [-0.25, -0.2) is 0 Å². The summed E-state index contributed by atoms with van der Waals surface area (Å²) in [6.07, 6.45) is 0. The van der Waals surface area contributed by atoms with E-state index in [4.69, 9.17) is 16.3 Å². The van der Waals surface area contributed by atoms with Crippen molar-refractivity contribution in [3.63, 3.8) is 0 Å². The van der Waals surface area contributed by atoms with Crippen LogP contribution >= 0.6 is 11.6 Å². The highest BCUT2D eigenvalue weighted by atomic mass is 35.5. The summed E-state index contributed by atoms with van der Waals surface area (Å²) >= 11 is 5.98.